The number of halogens is 1. The van der Waals surface area contributed by atoms with E-state index >= 15 is 0 Å². The highest BCUT2D eigenvalue weighted by molar-refractivity contribution is 5.85. The average molecular weight is 303 g/mol. The maximum Gasteiger partial charge on any atom is 0.120 e. The third kappa shape index (κ3) is 3.57. The smallest absolute Gasteiger partial charge is 0.120 e. The van der Waals surface area contributed by atoms with E-state index in [1.165, 1.54) is 16.5 Å². The molecular weight excluding hydrogens is 284 g/mol. The first kappa shape index (κ1) is 15.4. The van der Waals surface area contributed by atoms with Crippen molar-refractivity contribution in [3.8, 4) is 5.75 Å². The molecule has 21 heavy (non-hydrogen) atoms. The van der Waals surface area contributed by atoms with Gasteiger partial charge in [0.25, 0.3) is 0 Å². The van der Waals surface area contributed by atoms with Crippen molar-refractivity contribution < 1.29 is 4.74 Å². The lowest BCUT2D eigenvalue weighted by atomic mass is 10.1. The Morgan fingerprint density at radius 1 is 1.05 bits per heavy atom. The van der Waals surface area contributed by atoms with Gasteiger partial charge in [0.2, 0.25) is 0 Å². The maximum absolute atomic E-state index is 5.86. The molecule has 0 aliphatic rings. The summed E-state index contributed by atoms with van der Waals surface area (Å²) in [6.45, 7) is 1.24. The Morgan fingerprint density at radius 3 is 2.62 bits per heavy atom. The van der Waals surface area contributed by atoms with Crippen LogP contribution in [0.25, 0.3) is 10.9 Å². The highest BCUT2D eigenvalue weighted by Crippen LogP contribution is 2.24. The molecule has 2 aromatic carbocycles. The molecule has 0 saturated heterocycles. The summed E-state index contributed by atoms with van der Waals surface area (Å²) in [6.07, 6.45) is 2.90. The number of hydrogen-bond acceptors (Lipinski definition) is 2. The summed E-state index contributed by atoms with van der Waals surface area (Å²) in [7, 11) is 0. The molecule has 3 rings (SSSR count). The molecule has 3 nitrogen and oxygen atoms in total. The van der Waals surface area contributed by atoms with Crippen molar-refractivity contribution in [1.82, 2.24) is 4.98 Å². The molecule has 1 heterocycles. The first-order valence-corrected chi connectivity index (χ1v) is 6.83. The molecule has 0 spiro atoms. The van der Waals surface area contributed by atoms with E-state index in [1.807, 2.05) is 30.5 Å². The van der Waals surface area contributed by atoms with Gasteiger partial charge in [-0.15, -0.1) is 12.4 Å². The molecular formula is C17H19ClN2O. The number of nitrogens with one attached hydrogen (secondary N) is 1. The van der Waals surface area contributed by atoms with E-state index in [0.717, 1.165) is 17.7 Å². The van der Waals surface area contributed by atoms with Gasteiger partial charge >= 0.3 is 0 Å². The standard InChI is InChI=1S/C17H18N2O.ClH/c18-9-8-14-11-19-17-7-6-15(10-16(14)17)20-12-13-4-2-1-3-5-13;/h1-7,10-11,19H,8-9,12,18H2;1H. The van der Waals surface area contributed by atoms with Crippen LogP contribution in [0.15, 0.2) is 54.7 Å². The van der Waals surface area contributed by atoms with Gasteiger partial charge in [-0.2, -0.15) is 0 Å². The number of benzene rings is 2. The van der Waals surface area contributed by atoms with E-state index in [1.54, 1.807) is 0 Å². The second-order valence-corrected chi connectivity index (χ2v) is 4.83. The van der Waals surface area contributed by atoms with Gasteiger partial charge in [-0.25, -0.2) is 0 Å². The summed E-state index contributed by atoms with van der Waals surface area (Å²) >= 11 is 0. The van der Waals surface area contributed by atoms with Crippen LogP contribution in [0, 0.1) is 0 Å². The van der Waals surface area contributed by atoms with Gasteiger partial charge in [0.1, 0.15) is 12.4 Å². The third-order valence-electron chi connectivity index (χ3n) is 3.40. The van der Waals surface area contributed by atoms with Gasteiger partial charge in [-0.05, 0) is 42.3 Å². The second kappa shape index (κ2) is 7.16. The summed E-state index contributed by atoms with van der Waals surface area (Å²) in [6, 6.07) is 16.3. The number of aromatic amines is 1. The summed E-state index contributed by atoms with van der Waals surface area (Å²) < 4.78 is 5.86. The molecule has 3 N–H and O–H groups in total. The predicted molar refractivity (Wildman–Crippen MR) is 89.1 cm³/mol. The summed E-state index contributed by atoms with van der Waals surface area (Å²) in [5, 5.41) is 1.20. The molecule has 3 aromatic rings. The minimum absolute atomic E-state index is 0. The zero-order valence-corrected chi connectivity index (χ0v) is 12.5. The van der Waals surface area contributed by atoms with Crippen LogP contribution in [-0.4, -0.2) is 11.5 Å². The quantitative estimate of drug-likeness (QED) is 0.755. The van der Waals surface area contributed by atoms with Crippen LogP contribution in [0.3, 0.4) is 0 Å². The lowest BCUT2D eigenvalue weighted by Crippen LogP contribution is -2.01. The number of fused-ring (bicyclic) bond motifs is 1. The van der Waals surface area contributed by atoms with Crippen LogP contribution in [0.2, 0.25) is 0 Å². The Balaban J connectivity index is 0.00000161. The van der Waals surface area contributed by atoms with E-state index in [9.17, 15) is 0 Å². The Morgan fingerprint density at radius 2 is 1.86 bits per heavy atom. The van der Waals surface area contributed by atoms with E-state index in [0.29, 0.717) is 13.2 Å². The zero-order chi connectivity index (χ0) is 13.8. The Bertz CT molecular complexity index is 694. The number of hydrogen-bond donors (Lipinski definition) is 2. The highest BCUT2D eigenvalue weighted by atomic mass is 35.5. The van der Waals surface area contributed by atoms with Crippen LogP contribution in [-0.2, 0) is 13.0 Å². The lowest BCUT2D eigenvalue weighted by molar-refractivity contribution is 0.306. The molecule has 110 valence electrons. The minimum atomic E-state index is 0. The summed E-state index contributed by atoms with van der Waals surface area (Å²) in [4.78, 5) is 3.26. The van der Waals surface area contributed by atoms with Gasteiger partial charge < -0.3 is 15.5 Å². The summed E-state index contributed by atoms with van der Waals surface area (Å²) in [5.74, 6) is 0.888. The first-order chi connectivity index (χ1) is 9.86. The molecule has 0 atom stereocenters. The topological polar surface area (TPSA) is 51.0 Å². The molecule has 4 heteroatoms. The minimum Gasteiger partial charge on any atom is -0.489 e. The predicted octanol–water partition coefficient (Wildman–Crippen LogP) is 3.67. The second-order valence-electron chi connectivity index (χ2n) is 4.83. The Hall–Kier alpha value is -1.97. The molecule has 1 aromatic heterocycles. The largest absolute Gasteiger partial charge is 0.489 e. The molecule has 0 aliphatic carbocycles. The normalized spacial score (nSPS) is 10.3. The molecule has 0 bridgehead atoms. The van der Waals surface area contributed by atoms with Crippen LogP contribution >= 0.6 is 12.4 Å². The van der Waals surface area contributed by atoms with Crippen LogP contribution in [0.5, 0.6) is 5.75 Å². The van der Waals surface area contributed by atoms with Crippen molar-refractivity contribution in [2.75, 3.05) is 6.54 Å². The molecule has 0 saturated carbocycles. The van der Waals surface area contributed by atoms with Crippen molar-refractivity contribution in [3.05, 3.63) is 65.9 Å². The van der Waals surface area contributed by atoms with E-state index in [-0.39, 0.29) is 12.4 Å². The van der Waals surface area contributed by atoms with E-state index < -0.39 is 0 Å². The first-order valence-electron chi connectivity index (χ1n) is 6.83. The van der Waals surface area contributed by atoms with Gasteiger partial charge in [0.05, 0.1) is 0 Å². The number of nitrogens with two attached hydrogens (primary N) is 1. The third-order valence-corrected chi connectivity index (χ3v) is 3.40. The zero-order valence-electron chi connectivity index (χ0n) is 11.7. The molecule has 0 unspecified atom stereocenters. The Labute approximate surface area is 130 Å². The van der Waals surface area contributed by atoms with Crippen LogP contribution in [0.1, 0.15) is 11.1 Å². The Kier molecular flexibility index (Phi) is 5.26. The van der Waals surface area contributed by atoms with Gasteiger partial charge in [-0.3, -0.25) is 0 Å². The molecule has 0 amide bonds. The lowest BCUT2D eigenvalue weighted by Gasteiger charge is -2.07. The van der Waals surface area contributed by atoms with Crippen molar-refractivity contribution >= 4 is 23.3 Å². The molecule has 0 fully saturated rings. The fourth-order valence-electron chi connectivity index (χ4n) is 2.35. The molecule has 0 aliphatic heterocycles. The number of H-pyrrole nitrogens is 1. The number of ether oxygens (including phenoxy) is 1. The fourth-order valence-corrected chi connectivity index (χ4v) is 2.35. The van der Waals surface area contributed by atoms with Crippen LogP contribution in [0.4, 0.5) is 0 Å². The summed E-state index contributed by atoms with van der Waals surface area (Å²) in [5.41, 5.74) is 9.18. The highest BCUT2D eigenvalue weighted by Gasteiger charge is 2.05. The SMILES string of the molecule is Cl.NCCc1c[nH]c2ccc(OCc3ccccc3)cc12. The van der Waals surface area contributed by atoms with Crippen molar-refractivity contribution in [3.63, 3.8) is 0 Å². The van der Waals surface area contributed by atoms with Gasteiger partial charge in [-0.1, -0.05) is 30.3 Å². The molecule has 0 radical (unpaired) electrons. The maximum atomic E-state index is 5.86. The number of rotatable bonds is 5. The monoisotopic (exact) mass is 302 g/mol. The number of aromatic nitrogens is 1. The average Bonchev–Trinajstić information content (AvgIpc) is 2.89. The van der Waals surface area contributed by atoms with Gasteiger partial charge in [0.15, 0.2) is 0 Å². The van der Waals surface area contributed by atoms with Crippen molar-refractivity contribution in [2.24, 2.45) is 5.73 Å². The van der Waals surface area contributed by atoms with Gasteiger partial charge in [0, 0.05) is 17.1 Å². The fraction of sp³-hybridized carbons (Fsp3) is 0.176. The van der Waals surface area contributed by atoms with Crippen LogP contribution < -0.4 is 10.5 Å². The van der Waals surface area contributed by atoms with E-state index in [2.05, 4.69) is 29.2 Å². The van der Waals surface area contributed by atoms with Crippen molar-refractivity contribution in [2.45, 2.75) is 13.0 Å². The van der Waals surface area contributed by atoms with E-state index in [4.69, 9.17) is 10.5 Å². The van der Waals surface area contributed by atoms with Crippen molar-refractivity contribution in [1.29, 1.82) is 0 Å².